The maximum atomic E-state index is 13.4. The van der Waals surface area contributed by atoms with Crippen LogP contribution in [0.5, 0.6) is 5.75 Å². The number of thiazole rings is 1. The molecule has 4 heterocycles. The maximum Gasteiger partial charge on any atom is 0.290 e. The molecule has 2 amide bonds. The van der Waals surface area contributed by atoms with E-state index in [9.17, 15) is 9.59 Å². The monoisotopic (exact) mass is 610 g/mol. The summed E-state index contributed by atoms with van der Waals surface area (Å²) in [6.45, 7) is 5.61. The van der Waals surface area contributed by atoms with Gasteiger partial charge in [0.2, 0.25) is 11.8 Å². The lowest BCUT2D eigenvalue weighted by molar-refractivity contribution is -0.136. The van der Waals surface area contributed by atoms with Gasteiger partial charge in [-0.1, -0.05) is 12.1 Å². The second-order valence-electron chi connectivity index (χ2n) is 9.89. The number of hydrogen-bond donors (Lipinski definition) is 1. The van der Waals surface area contributed by atoms with Gasteiger partial charge in [0, 0.05) is 68.5 Å². The third-order valence-corrected chi connectivity index (χ3v) is 7.75. The van der Waals surface area contributed by atoms with Gasteiger partial charge in [-0.3, -0.25) is 18.8 Å². The molecule has 4 aromatic rings. The highest BCUT2D eigenvalue weighted by Gasteiger charge is 2.18. The van der Waals surface area contributed by atoms with Crippen molar-refractivity contribution in [2.75, 3.05) is 46.0 Å². The van der Waals surface area contributed by atoms with Crippen molar-refractivity contribution >= 4 is 34.6 Å². The second-order valence-corrected chi connectivity index (χ2v) is 10.8. The lowest BCUT2D eigenvalue weighted by Crippen LogP contribution is -2.38. The molecule has 1 aromatic carbocycles. The molecule has 1 aliphatic heterocycles. The Morgan fingerprint density at radius 2 is 1.84 bits per heavy atom. The molecule has 230 valence electrons. The fourth-order valence-corrected chi connectivity index (χ4v) is 5.64. The molecule has 0 saturated carbocycles. The molecule has 0 aliphatic carbocycles. The van der Waals surface area contributed by atoms with Crippen LogP contribution in [0.4, 0.5) is 0 Å². The minimum absolute atomic E-state index is 0.0492. The molecule has 0 atom stereocenters. The normalized spacial score (nSPS) is 14.6. The Balaban J connectivity index is 0.00000135. The Morgan fingerprint density at radius 1 is 1.07 bits per heavy atom. The first kappa shape index (κ1) is 31.7. The van der Waals surface area contributed by atoms with Crippen molar-refractivity contribution in [2.45, 2.75) is 39.2 Å². The number of ether oxygens (including phenoxy) is 2. The summed E-state index contributed by atoms with van der Waals surface area (Å²) in [6, 6.07) is 7.87. The molecule has 0 radical (unpaired) electrons. The van der Waals surface area contributed by atoms with Gasteiger partial charge in [0.05, 0.1) is 18.7 Å². The number of carbonyl (C=O) groups is 3. The van der Waals surface area contributed by atoms with Gasteiger partial charge >= 0.3 is 0 Å². The summed E-state index contributed by atoms with van der Waals surface area (Å²) in [7, 11) is 0. The number of benzene rings is 1. The zero-order valence-electron chi connectivity index (χ0n) is 24.3. The van der Waals surface area contributed by atoms with Crippen LogP contribution in [0.1, 0.15) is 31.9 Å². The summed E-state index contributed by atoms with van der Waals surface area (Å²) in [6.07, 6.45) is 10.3. The van der Waals surface area contributed by atoms with E-state index in [2.05, 4.69) is 14.5 Å². The van der Waals surface area contributed by atoms with E-state index in [0.717, 1.165) is 53.6 Å². The van der Waals surface area contributed by atoms with E-state index in [1.807, 2.05) is 64.5 Å². The van der Waals surface area contributed by atoms with E-state index in [1.165, 1.54) is 0 Å². The van der Waals surface area contributed by atoms with Crippen LogP contribution in [0.2, 0.25) is 0 Å². The van der Waals surface area contributed by atoms with Crippen molar-refractivity contribution in [3.63, 3.8) is 0 Å². The molecular weight excluding hydrogens is 572 g/mol. The Bertz CT molecular complexity index is 1440. The molecule has 2 bridgehead atoms. The summed E-state index contributed by atoms with van der Waals surface area (Å²) in [5, 5.41) is 8.87. The largest absolute Gasteiger partial charge is 0.492 e. The van der Waals surface area contributed by atoms with Gasteiger partial charge < -0.3 is 28.9 Å². The molecule has 0 unspecified atom stereocenters. The molecule has 0 saturated heterocycles. The molecular formula is C30H38N6O6S. The van der Waals surface area contributed by atoms with Crippen LogP contribution in [-0.4, -0.2) is 98.1 Å². The average molecular weight is 611 g/mol. The summed E-state index contributed by atoms with van der Waals surface area (Å²) in [4.78, 5) is 48.4. The van der Waals surface area contributed by atoms with Crippen LogP contribution in [0.15, 0.2) is 54.4 Å². The van der Waals surface area contributed by atoms with Crippen LogP contribution in [0.3, 0.4) is 0 Å². The third kappa shape index (κ3) is 9.13. The van der Waals surface area contributed by atoms with Crippen LogP contribution >= 0.6 is 11.3 Å². The van der Waals surface area contributed by atoms with E-state index in [1.54, 1.807) is 22.4 Å². The van der Waals surface area contributed by atoms with Crippen LogP contribution in [0, 0.1) is 0 Å². The number of carbonyl (C=O) groups excluding carboxylic acids is 2. The predicted octanol–water partition coefficient (Wildman–Crippen LogP) is 3.46. The number of aryl methyl sites for hydroxylation is 1. The molecule has 3 aromatic heterocycles. The lowest BCUT2D eigenvalue weighted by Gasteiger charge is -2.25. The number of carboxylic acid groups (broad SMARTS) is 1. The van der Waals surface area contributed by atoms with Crippen LogP contribution < -0.4 is 4.74 Å². The number of aromatic nitrogens is 4. The smallest absolute Gasteiger partial charge is 0.290 e. The van der Waals surface area contributed by atoms with E-state index in [-0.39, 0.29) is 31.3 Å². The topological polar surface area (TPSA) is 132 Å². The fraction of sp³-hybridized carbons (Fsp3) is 0.433. The zero-order chi connectivity index (χ0) is 30.4. The summed E-state index contributed by atoms with van der Waals surface area (Å²) in [5.74, 6) is 1.62. The molecule has 0 spiro atoms. The van der Waals surface area contributed by atoms with Crippen molar-refractivity contribution in [3.8, 4) is 17.1 Å². The van der Waals surface area contributed by atoms with E-state index in [4.69, 9.17) is 19.4 Å². The highest BCUT2D eigenvalue weighted by Crippen LogP contribution is 2.23. The van der Waals surface area contributed by atoms with Crippen molar-refractivity contribution in [2.24, 2.45) is 0 Å². The lowest BCUT2D eigenvalue weighted by atomic mass is 10.2. The van der Waals surface area contributed by atoms with Crippen LogP contribution in [0.25, 0.3) is 16.3 Å². The fourth-order valence-electron chi connectivity index (χ4n) is 4.92. The van der Waals surface area contributed by atoms with Gasteiger partial charge in [-0.25, -0.2) is 9.97 Å². The van der Waals surface area contributed by atoms with Gasteiger partial charge in [0.15, 0.2) is 4.96 Å². The number of rotatable bonds is 5. The molecule has 13 heteroatoms. The van der Waals surface area contributed by atoms with Crippen molar-refractivity contribution in [1.29, 1.82) is 0 Å². The SMILES string of the molecule is CCOCC(=O)N1CCCCN(C(=O)Cc2cn3ccsc3n2)CCCn2ccnc2-c2cccc(c2)OCC1.O=CO. The minimum atomic E-state index is -0.250. The highest BCUT2D eigenvalue weighted by atomic mass is 32.1. The highest BCUT2D eigenvalue weighted by molar-refractivity contribution is 7.15. The third-order valence-electron chi connectivity index (χ3n) is 6.98. The molecule has 0 fully saturated rings. The van der Waals surface area contributed by atoms with Gasteiger partial charge in [-0.15, -0.1) is 11.3 Å². The average Bonchev–Trinajstić information content (AvgIpc) is 3.73. The van der Waals surface area contributed by atoms with Gasteiger partial charge in [0.1, 0.15) is 24.8 Å². The number of amides is 2. The molecule has 1 aliphatic rings. The maximum absolute atomic E-state index is 13.4. The summed E-state index contributed by atoms with van der Waals surface area (Å²) < 4.78 is 15.5. The van der Waals surface area contributed by atoms with Crippen molar-refractivity contribution in [3.05, 3.63) is 60.1 Å². The van der Waals surface area contributed by atoms with Gasteiger partial charge in [-0.2, -0.15) is 0 Å². The van der Waals surface area contributed by atoms with Crippen molar-refractivity contribution in [1.82, 2.24) is 28.7 Å². The quantitative estimate of drug-likeness (QED) is 0.340. The summed E-state index contributed by atoms with van der Waals surface area (Å²) >= 11 is 1.56. The second kappa shape index (κ2) is 16.4. The molecule has 5 rings (SSSR count). The molecule has 1 N–H and O–H groups in total. The zero-order valence-corrected chi connectivity index (χ0v) is 25.2. The molecule has 12 nitrogen and oxygen atoms in total. The first-order valence-corrected chi connectivity index (χ1v) is 15.3. The Labute approximate surface area is 254 Å². The van der Waals surface area contributed by atoms with Gasteiger partial charge in [0.25, 0.3) is 6.47 Å². The van der Waals surface area contributed by atoms with Crippen LogP contribution in [-0.2, 0) is 32.1 Å². The Hall–Kier alpha value is -4.23. The molecule has 43 heavy (non-hydrogen) atoms. The first-order valence-electron chi connectivity index (χ1n) is 14.4. The predicted molar refractivity (Wildman–Crippen MR) is 162 cm³/mol. The van der Waals surface area contributed by atoms with Crippen molar-refractivity contribution < 1.29 is 29.0 Å². The Kier molecular flexibility index (Phi) is 12.1. The Morgan fingerprint density at radius 3 is 2.60 bits per heavy atom. The number of imidazole rings is 2. The number of fused-ring (bicyclic) bond motifs is 5. The first-order chi connectivity index (χ1) is 21.0. The van der Waals surface area contributed by atoms with Gasteiger partial charge in [-0.05, 0) is 38.3 Å². The van der Waals surface area contributed by atoms with E-state index in [0.29, 0.717) is 39.4 Å². The van der Waals surface area contributed by atoms with E-state index < -0.39 is 0 Å². The number of hydrogen-bond acceptors (Lipinski definition) is 8. The number of nitrogens with zero attached hydrogens (tertiary/aromatic N) is 6. The van der Waals surface area contributed by atoms with E-state index >= 15 is 0 Å². The minimum Gasteiger partial charge on any atom is -0.492 e. The standard InChI is InChI=1S/C29H36N6O4S.CH2O2/c1-2-38-22-27(37)33-11-4-3-10-32(26(36)20-24-21-35-16-18-40-29(35)31-24)12-6-13-34-14-9-30-28(34)23-7-5-8-25(19-23)39-17-15-33;2-1-3/h5,7-9,14,16,18-19,21H,2-4,6,10-13,15,17,20,22H2,1H3;1H,(H,2,3). The summed E-state index contributed by atoms with van der Waals surface area (Å²) in [5.41, 5.74) is 1.74.